The van der Waals surface area contributed by atoms with Crippen molar-refractivity contribution in [2.45, 2.75) is 50.3 Å². The lowest BCUT2D eigenvalue weighted by Crippen LogP contribution is -2.53. The predicted octanol–water partition coefficient (Wildman–Crippen LogP) is 5.91. The minimum Gasteiger partial charge on any atom is -0.353 e. The van der Waals surface area contributed by atoms with Crippen molar-refractivity contribution < 1.29 is 18.3 Å². The zero-order valence-electron chi connectivity index (χ0n) is 17.2. The van der Waals surface area contributed by atoms with Crippen LogP contribution < -0.4 is 0 Å². The fourth-order valence-electron chi connectivity index (χ4n) is 4.41. The van der Waals surface area contributed by atoms with E-state index >= 15 is 13.2 Å². The Morgan fingerprint density at radius 1 is 1.03 bits per heavy atom. The van der Waals surface area contributed by atoms with Crippen LogP contribution in [0.5, 0.6) is 0 Å². The maximum absolute atomic E-state index is 15.4. The molecule has 1 heterocycles. The molecule has 0 aliphatic heterocycles. The normalized spacial score (nSPS) is 22.0. The van der Waals surface area contributed by atoms with Crippen LogP contribution >= 0.6 is 0 Å². The third-order valence-corrected chi connectivity index (χ3v) is 6.02. The lowest BCUT2D eigenvalue weighted by atomic mass is 9.71. The molecule has 31 heavy (non-hydrogen) atoms. The quantitative estimate of drug-likeness (QED) is 0.515. The molecule has 4 rings (SSSR count). The number of hydrogen-bond donors (Lipinski definition) is 1. The number of halogens is 3. The summed E-state index contributed by atoms with van der Waals surface area (Å²) in [5.74, 6) is -9.21. The van der Waals surface area contributed by atoms with Crippen LogP contribution in [-0.2, 0) is 0 Å². The summed E-state index contributed by atoms with van der Waals surface area (Å²) in [6.07, 6.45) is 3.84. The molecule has 1 saturated carbocycles. The highest BCUT2D eigenvalue weighted by Gasteiger charge is 2.60. The number of fused-ring (bicyclic) bond motifs is 1. The van der Waals surface area contributed by atoms with Crippen LogP contribution in [0.1, 0.15) is 43.0 Å². The van der Waals surface area contributed by atoms with Gasteiger partial charge in [-0.25, -0.2) is 9.97 Å². The fraction of sp³-hybridized carbons (Fsp3) is 0.375. The van der Waals surface area contributed by atoms with Gasteiger partial charge in [0.05, 0.1) is 17.4 Å². The highest BCUT2D eigenvalue weighted by Crippen LogP contribution is 2.50. The van der Waals surface area contributed by atoms with Crippen molar-refractivity contribution in [1.82, 2.24) is 9.97 Å². The van der Waals surface area contributed by atoms with Crippen molar-refractivity contribution in [1.29, 1.82) is 0 Å². The second-order valence-electron chi connectivity index (χ2n) is 8.09. The molecule has 3 aromatic rings. The summed E-state index contributed by atoms with van der Waals surface area (Å²) in [4.78, 5) is 12.2. The molecule has 0 bridgehead atoms. The Morgan fingerprint density at radius 2 is 1.77 bits per heavy atom. The molecule has 2 aromatic carbocycles. The van der Waals surface area contributed by atoms with E-state index in [-0.39, 0.29) is 12.1 Å². The third-order valence-electron chi connectivity index (χ3n) is 6.02. The van der Waals surface area contributed by atoms with Crippen LogP contribution in [-0.4, -0.2) is 33.1 Å². The number of aliphatic hydroxyl groups is 1. The zero-order chi connectivity index (χ0) is 22.1. The highest BCUT2D eigenvalue weighted by atomic mass is 19.3. The summed E-state index contributed by atoms with van der Waals surface area (Å²) >= 11 is 0. The molecule has 1 aromatic heterocycles. The Kier molecular flexibility index (Phi) is 5.79. The summed E-state index contributed by atoms with van der Waals surface area (Å²) in [5, 5.41) is 10.7. The molecule has 3 unspecified atom stereocenters. The smallest absolute Gasteiger partial charge is 0.314 e. The van der Waals surface area contributed by atoms with E-state index in [1.807, 2.05) is 6.07 Å². The lowest BCUT2D eigenvalue weighted by molar-refractivity contribution is -0.240. The Morgan fingerprint density at radius 3 is 2.55 bits per heavy atom. The first kappa shape index (κ1) is 21.4. The molecule has 0 saturated heterocycles. The Balaban J connectivity index is 1.65. The average Bonchev–Trinajstić information content (AvgIpc) is 2.78. The fourth-order valence-corrected chi connectivity index (χ4v) is 4.41. The van der Waals surface area contributed by atoms with Gasteiger partial charge in [0.2, 0.25) is 0 Å². The SMILES string of the molecule is Cc1ncc2c(N=CC(O)(F)C(F)(F)C3CCCCC3c3ccccc3)cccc2n1. The number of alkyl halides is 3. The predicted molar refractivity (Wildman–Crippen MR) is 115 cm³/mol. The van der Waals surface area contributed by atoms with Gasteiger partial charge in [0.25, 0.3) is 0 Å². The van der Waals surface area contributed by atoms with Gasteiger partial charge in [-0.2, -0.15) is 13.2 Å². The van der Waals surface area contributed by atoms with Crippen molar-refractivity contribution in [3.05, 3.63) is 66.1 Å². The van der Waals surface area contributed by atoms with Gasteiger partial charge in [-0.05, 0) is 43.4 Å². The van der Waals surface area contributed by atoms with Gasteiger partial charge in [0.15, 0.2) is 0 Å². The van der Waals surface area contributed by atoms with Crippen LogP contribution in [0.15, 0.2) is 59.7 Å². The van der Waals surface area contributed by atoms with E-state index in [4.69, 9.17) is 0 Å². The van der Waals surface area contributed by atoms with E-state index in [2.05, 4.69) is 15.0 Å². The maximum Gasteiger partial charge on any atom is 0.314 e. The maximum atomic E-state index is 15.4. The number of aliphatic imine (C=N–C) groups is 1. The second kappa shape index (κ2) is 8.38. The molecule has 0 radical (unpaired) electrons. The van der Waals surface area contributed by atoms with E-state index in [0.717, 1.165) is 12.0 Å². The summed E-state index contributed by atoms with van der Waals surface area (Å²) in [6, 6.07) is 13.9. The van der Waals surface area contributed by atoms with E-state index < -0.39 is 23.6 Å². The Bertz CT molecular complexity index is 1090. The van der Waals surface area contributed by atoms with Gasteiger partial charge in [-0.1, -0.05) is 49.2 Å². The summed E-state index contributed by atoms with van der Waals surface area (Å²) < 4.78 is 45.8. The van der Waals surface area contributed by atoms with Crippen molar-refractivity contribution in [2.75, 3.05) is 0 Å². The number of benzene rings is 2. The molecule has 0 amide bonds. The molecular weight excluding hydrogens is 403 g/mol. The zero-order valence-corrected chi connectivity index (χ0v) is 17.2. The van der Waals surface area contributed by atoms with E-state index in [1.54, 1.807) is 49.4 Å². The van der Waals surface area contributed by atoms with Gasteiger partial charge < -0.3 is 5.11 Å². The van der Waals surface area contributed by atoms with Gasteiger partial charge in [-0.15, -0.1) is 0 Å². The first-order valence-corrected chi connectivity index (χ1v) is 10.4. The minimum atomic E-state index is -4.00. The topological polar surface area (TPSA) is 58.4 Å². The van der Waals surface area contributed by atoms with Gasteiger partial charge in [0, 0.05) is 17.5 Å². The van der Waals surface area contributed by atoms with Crippen LogP contribution in [0.4, 0.5) is 18.9 Å². The number of hydrogen-bond acceptors (Lipinski definition) is 4. The van der Waals surface area contributed by atoms with Gasteiger partial charge >= 0.3 is 11.8 Å². The van der Waals surface area contributed by atoms with Crippen molar-refractivity contribution in [3.8, 4) is 0 Å². The van der Waals surface area contributed by atoms with E-state index in [9.17, 15) is 5.11 Å². The van der Waals surface area contributed by atoms with E-state index in [0.29, 0.717) is 35.8 Å². The molecule has 1 aliphatic rings. The van der Waals surface area contributed by atoms with Gasteiger partial charge in [0.1, 0.15) is 5.82 Å². The molecule has 162 valence electrons. The highest BCUT2D eigenvalue weighted by molar-refractivity contribution is 5.91. The Hall–Kier alpha value is -2.80. The molecule has 3 atom stereocenters. The molecule has 1 N–H and O–H groups in total. The van der Waals surface area contributed by atoms with E-state index in [1.165, 1.54) is 6.20 Å². The number of rotatable bonds is 5. The molecule has 1 fully saturated rings. The molecule has 7 heteroatoms. The standard InChI is InChI=1S/C24H24F3N3O/c1-16-28-14-19-21(12-7-13-22(19)30-16)29-15-23(25,31)24(26,27)20-11-6-5-10-18(20)17-8-3-2-4-9-17/h2-4,7-9,12-15,18,20,31H,5-6,10-11H2,1H3. The Labute approximate surface area is 178 Å². The summed E-state index contributed by atoms with van der Waals surface area (Å²) in [6.45, 7) is 1.73. The van der Waals surface area contributed by atoms with Crippen molar-refractivity contribution in [2.24, 2.45) is 10.9 Å². The van der Waals surface area contributed by atoms with Crippen LogP contribution in [0, 0.1) is 12.8 Å². The molecule has 1 aliphatic carbocycles. The average molecular weight is 427 g/mol. The lowest BCUT2D eigenvalue weighted by Gasteiger charge is -2.40. The summed E-state index contributed by atoms with van der Waals surface area (Å²) in [5.41, 5.74) is 1.52. The van der Waals surface area contributed by atoms with Crippen LogP contribution in [0.3, 0.4) is 0 Å². The molecule has 0 spiro atoms. The number of aromatic nitrogens is 2. The second-order valence-corrected chi connectivity index (χ2v) is 8.09. The van der Waals surface area contributed by atoms with Crippen molar-refractivity contribution >= 4 is 22.8 Å². The van der Waals surface area contributed by atoms with Gasteiger partial charge in [-0.3, -0.25) is 4.99 Å². The number of nitrogens with zero attached hydrogens (tertiary/aromatic N) is 3. The molecular formula is C24H24F3N3O. The minimum absolute atomic E-state index is 0.133. The summed E-state index contributed by atoms with van der Waals surface area (Å²) in [7, 11) is 0. The third kappa shape index (κ3) is 4.19. The monoisotopic (exact) mass is 427 g/mol. The van der Waals surface area contributed by atoms with Crippen LogP contribution in [0.2, 0.25) is 0 Å². The number of aryl methyl sites for hydroxylation is 1. The van der Waals surface area contributed by atoms with Crippen molar-refractivity contribution in [3.63, 3.8) is 0 Å². The molecule has 4 nitrogen and oxygen atoms in total. The first-order chi connectivity index (χ1) is 14.8. The first-order valence-electron chi connectivity index (χ1n) is 10.4. The largest absolute Gasteiger partial charge is 0.353 e. The van der Waals surface area contributed by atoms with Crippen LogP contribution in [0.25, 0.3) is 10.9 Å².